The molecule has 5 nitrogen and oxygen atoms in total. The Balaban J connectivity index is 1.41. The van der Waals surface area contributed by atoms with Crippen LogP contribution in [0.25, 0.3) is 0 Å². The molecule has 2 saturated carbocycles. The first-order valence-corrected chi connectivity index (χ1v) is 9.46. The van der Waals surface area contributed by atoms with E-state index in [-0.39, 0.29) is 17.7 Å². The van der Waals surface area contributed by atoms with Gasteiger partial charge < -0.3 is 15.2 Å². The number of anilines is 1. The fourth-order valence-electron chi connectivity index (χ4n) is 4.49. The Kier molecular flexibility index (Phi) is 4.79. The molecule has 0 unspecified atom stereocenters. The van der Waals surface area contributed by atoms with Gasteiger partial charge in [0.15, 0.2) is 0 Å². The lowest BCUT2D eigenvalue weighted by molar-refractivity contribution is -0.148. The van der Waals surface area contributed by atoms with E-state index in [2.05, 4.69) is 5.32 Å². The van der Waals surface area contributed by atoms with E-state index in [1.54, 1.807) is 48.5 Å². The number of ether oxygens (including phenoxy) is 1. The van der Waals surface area contributed by atoms with Crippen LogP contribution in [0.4, 0.5) is 5.69 Å². The van der Waals surface area contributed by atoms with E-state index in [9.17, 15) is 14.7 Å². The molecule has 4 rings (SSSR count). The number of carbonyl (C=O) groups excluding carboxylic acids is 1. The number of nitrogens with one attached hydrogen (secondary N) is 1. The van der Waals surface area contributed by atoms with Gasteiger partial charge in [0.1, 0.15) is 11.5 Å². The summed E-state index contributed by atoms with van der Waals surface area (Å²) in [7, 11) is 0. The molecule has 6 heteroatoms. The maximum absolute atomic E-state index is 12.7. The number of carboxylic acid groups (broad SMARTS) is 1. The summed E-state index contributed by atoms with van der Waals surface area (Å²) in [4.78, 5) is 24.3. The Morgan fingerprint density at radius 2 is 1.48 bits per heavy atom. The molecule has 2 aliphatic rings. The largest absolute Gasteiger partial charge is 0.481 e. The minimum atomic E-state index is -0.853. The molecule has 2 N–H and O–H groups in total. The molecule has 4 atom stereocenters. The van der Waals surface area contributed by atoms with Gasteiger partial charge in [-0.15, -0.1) is 0 Å². The summed E-state index contributed by atoms with van der Waals surface area (Å²) in [6.07, 6.45) is 2.71. The van der Waals surface area contributed by atoms with Crippen LogP contribution in [-0.2, 0) is 9.59 Å². The molecule has 2 aromatic rings. The van der Waals surface area contributed by atoms with Crippen LogP contribution in [0, 0.1) is 23.7 Å². The topological polar surface area (TPSA) is 75.6 Å². The first-order valence-electron chi connectivity index (χ1n) is 9.08. The van der Waals surface area contributed by atoms with Gasteiger partial charge in [-0.2, -0.15) is 0 Å². The van der Waals surface area contributed by atoms with Gasteiger partial charge in [-0.25, -0.2) is 0 Å². The predicted octanol–water partition coefficient (Wildman–Crippen LogP) is 4.82. The highest BCUT2D eigenvalue weighted by molar-refractivity contribution is 6.30. The summed E-state index contributed by atoms with van der Waals surface area (Å²) in [5.74, 6) is -0.416. The van der Waals surface area contributed by atoms with Crippen LogP contribution in [-0.4, -0.2) is 17.0 Å². The maximum Gasteiger partial charge on any atom is 0.307 e. The van der Waals surface area contributed by atoms with Gasteiger partial charge in [-0.3, -0.25) is 9.59 Å². The molecule has 0 aliphatic heterocycles. The number of amides is 1. The van der Waals surface area contributed by atoms with Crippen LogP contribution < -0.4 is 10.1 Å². The SMILES string of the molecule is O=C(O)[C@@H]1[C@H]2CC[C@@H](C2)[C@H]1C(=O)Nc1ccc(Oc2ccc(Cl)cc2)cc1. The lowest BCUT2D eigenvalue weighted by Crippen LogP contribution is -2.37. The van der Waals surface area contributed by atoms with E-state index in [0.29, 0.717) is 22.2 Å². The van der Waals surface area contributed by atoms with Crippen molar-refractivity contribution in [3.8, 4) is 11.5 Å². The van der Waals surface area contributed by atoms with Crippen molar-refractivity contribution in [3.05, 3.63) is 53.6 Å². The lowest BCUT2D eigenvalue weighted by atomic mass is 9.78. The average Bonchev–Trinajstić information content (AvgIpc) is 3.26. The van der Waals surface area contributed by atoms with E-state index in [4.69, 9.17) is 16.3 Å². The standard InChI is InChI=1S/C21H20ClNO4/c22-14-3-7-16(8-4-14)27-17-9-5-15(6-10-17)23-20(24)18-12-1-2-13(11-12)19(18)21(25)26/h3-10,12-13,18-19H,1-2,11H2,(H,23,24)(H,25,26)/t12-,13-,18+,19+/m0/s1. The zero-order chi connectivity index (χ0) is 19.0. The van der Waals surface area contributed by atoms with Gasteiger partial charge in [0, 0.05) is 10.7 Å². The first-order chi connectivity index (χ1) is 13.0. The molecule has 0 heterocycles. The normalized spacial score (nSPS) is 26.0. The zero-order valence-corrected chi connectivity index (χ0v) is 15.4. The van der Waals surface area contributed by atoms with E-state index >= 15 is 0 Å². The fraction of sp³-hybridized carbons (Fsp3) is 0.333. The van der Waals surface area contributed by atoms with E-state index < -0.39 is 17.8 Å². The molecular formula is C21H20ClNO4. The Labute approximate surface area is 162 Å². The lowest BCUT2D eigenvalue weighted by Gasteiger charge is -2.27. The molecule has 27 heavy (non-hydrogen) atoms. The first kappa shape index (κ1) is 17.9. The maximum atomic E-state index is 12.7. The highest BCUT2D eigenvalue weighted by atomic mass is 35.5. The molecular weight excluding hydrogens is 366 g/mol. The minimum Gasteiger partial charge on any atom is -0.481 e. The highest BCUT2D eigenvalue weighted by Crippen LogP contribution is 2.52. The number of hydrogen-bond acceptors (Lipinski definition) is 3. The number of benzene rings is 2. The van der Waals surface area contributed by atoms with Gasteiger partial charge in [-0.1, -0.05) is 11.6 Å². The summed E-state index contributed by atoms with van der Waals surface area (Å²) in [6.45, 7) is 0. The van der Waals surface area contributed by atoms with Gasteiger partial charge in [0.25, 0.3) is 0 Å². The molecule has 2 fully saturated rings. The summed E-state index contributed by atoms with van der Waals surface area (Å²) in [6, 6.07) is 14.1. The number of halogens is 1. The Morgan fingerprint density at radius 3 is 2.07 bits per heavy atom. The minimum absolute atomic E-state index is 0.137. The molecule has 2 aromatic carbocycles. The summed E-state index contributed by atoms with van der Waals surface area (Å²) < 4.78 is 5.73. The zero-order valence-electron chi connectivity index (χ0n) is 14.6. The molecule has 0 spiro atoms. The smallest absolute Gasteiger partial charge is 0.307 e. The van der Waals surface area contributed by atoms with E-state index in [1.165, 1.54) is 0 Å². The average molecular weight is 386 g/mol. The number of carboxylic acids is 1. The third kappa shape index (κ3) is 3.65. The summed E-state index contributed by atoms with van der Waals surface area (Å²) in [5.41, 5.74) is 0.635. The molecule has 2 bridgehead atoms. The second-order valence-electron chi connectivity index (χ2n) is 7.29. The second-order valence-corrected chi connectivity index (χ2v) is 7.73. The van der Waals surface area contributed by atoms with Crippen molar-refractivity contribution in [2.75, 3.05) is 5.32 Å². The Morgan fingerprint density at radius 1 is 0.926 bits per heavy atom. The number of carbonyl (C=O) groups is 2. The Hall–Kier alpha value is -2.53. The van der Waals surface area contributed by atoms with Crippen LogP contribution in [0.15, 0.2) is 48.5 Å². The van der Waals surface area contributed by atoms with Crippen molar-refractivity contribution in [1.29, 1.82) is 0 Å². The molecule has 0 radical (unpaired) electrons. The predicted molar refractivity (Wildman–Crippen MR) is 102 cm³/mol. The molecule has 2 aliphatic carbocycles. The van der Waals surface area contributed by atoms with Crippen molar-refractivity contribution in [1.82, 2.24) is 0 Å². The van der Waals surface area contributed by atoms with Crippen molar-refractivity contribution < 1.29 is 19.4 Å². The van der Waals surface area contributed by atoms with Crippen molar-refractivity contribution in [2.24, 2.45) is 23.7 Å². The monoisotopic (exact) mass is 385 g/mol. The number of aliphatic carboxylic acids is 1. The summed E-state index contributed by atoms with van der Waals surface area (Å²) in [5, 5.41) is 13.0. The van der Waals surface area contributed by atoms with Gasteiger partial charge in [-0.05, 0) is 79.6 Å². The number of fused-ring (bicyclic) bond motifs is 2. The van der Waals surface area contributed by atoms with Crippen LogP contribution in [0.3, 0.4) is 0 Å². The third-order valence-electron chi connectivity index (χ3n) is 5.68. The quantitative estimate of drug-likeness (QED) is 0.773. The molecule has 0 saturated heterocycles. The van der Waals surface area contributed by atoms with Crippen molar-refractivity contribution in [2.45, 2.75) is 19.3 Å². The van der Waals surface area contributed by atoms with E-state index in [0.717, 1.165) is 19.3 Å². The van der Waals surface area contributed by atoms with Gasteiger partial charge >= 0.3 is 5.97 Å². The fourth-order valence-corrected chi connectivity index (χ4v) is 4.62. The third-order valence-corrected chi connectivity index (χ3v) is 5.93. The highest BCUT2D eigenvalue weighted by Gasteiger charge is 2.53. The van der Waals surface area contributed by atoms with Crippen molar-refractivity contribution in [3.63, 3.8) is 0 Å². The second kappa shape index (κ2) is 7.24. The summed E-state index contributed by atoms with van der Waals surface area (Å²) >= 11 is 5.86. The molecule has 140 valence electrons. The van der Waals surface area contributed by atoms with Crippen LogP contribution >= 0.6 is 11.6 Å². The Bertz CT molecular complexity index is 849. The van der Waals surface area contributed by atoms with Crippen LogP contribution in [0.2, 0.25) is 5.02 Å². The van der Waals surface area contributed by atoms with Crippen LogP contribution in [0.1, 0.15) is 19.3 Å². The molecule has 1 amide bonds. The van der Waals surface area contributed by atoms with Crippen molar-refractivity contribution >= 4 is 29.2 Å². The van der Waals surface area contributed by atoms with Crippen LogP contribution in [0.5, 0.6) is 11.5 Å². The van der Waals surface area contributed by atoms with E-state index in [1.807, 2.05) is 0 Å². The van der Waals surface area contributed by atoms with Gasteiger partial charge in [0.05, 0.1) is 11.8 Å². The molecule has 0 aromatic heterocycles. The van der Waals surface area contributed by atoms with Gasteiger partial charge in [0.2, 0.25) is 5.91 Å². The number of hydrogen-bond donors (Lipinski definition) is 2. The number of rotatable bonds is 5.